The summed E-state index contributed by atoms with van der Waals surface area (Å²) in [5.41, 5.74) is 2.09. The molecular formula is C23H29IN2O3. The zero-order valence-electron chi connectivity index (χ0n) is 17.4. The molecule has 0 aliphatic carbocycles. The number of rotatable bonds is 9. The zero-order chi connectivity index (χ0) is 21.4. The van der Waals surface area contributed by atoms with Crippen molar-refractivity contribution in [3.63, 3.8) is 0 Å². The first-order valence-electron chi connectivity index (χ1n) is 9.84. The zero-order valence-corrected chi connectivity index (χ0v) is 19.6. The molecule has 0 bridgehead atoms. The van der Waals surface area contributed by atoms with E-state index in [4.69, 9.17) is 4.74 Å². The van der Waals surface area contributed by atoms with Gasteiger partial charge in [-0.05, 0) is 85.2 Å². The highest BCUT2D eigenvalue weighted by Gasteiger charge is 2.27. The lowest BCUT2D eigenvalue weighted by atomic mass is 10.1. The molecule has 0 unspecified atom stereocenters. The molecular weight excluding hydrogens is 479 g/mol. The monoisotopic (exact) mass is 508 g/mol. The van der Waals surface area contributed by atoms with E-state index in [2.05, 4.69) is 27.9 Å². The summed E-state index contributed by atoms with van der Waals surface area (Å²) in [5, 5.41) is 2.97. The van der Waals surface area contributed by atoms with Crippen LogP contribution in [0.25, 0.3) is 0 Å². The first-order chi connectivity index (χ1) is 13.8. The van der Waals surface area contributed by atoms with Gasteiger partial charge in [0.05, 0.1) is 0 Å². The molecule has 29 heavy (non-hydrogen) atoms. The van der Waals surface area contributed by atoms with Crippen molar-refractivity contribution in [2.45, 2.75) is 52.7 Å². The Balaban J connectivity index is 2.15. The molecule has 0 aliphatic heterocycles. The van der Waals surface area contributed by atoms with E-state index in [1.807, 2.05) is 69.3 Å². The van der Waals surface area contributed by atoms with Crippen LogP contribution in [0.15, 0.2) is 48.5 Å². The van der Waals surface area contributed by atoms with Crippen LogP contribution in [0.2, 0.25) is 0 Å². The van der Waals surface area contributed by atoms with Crippen molar-refractivity contribution in [1.82, 2.24) is 10.2 Å². The van der Waals surface area contributed by atoms with Crippen LogP contribution in [0.1, 0.15) is 38.3 Å². The Hall–Kier alpha value is -2.09. The second-order valence-electron chi connectivity index (χ2n) is 7.18. The van der Waals surface area contributed by atoms with Crippen LogP contribution in [-0.2, 0) is 16.1 Å². The fraction of sp³-hybridized carbons (Fsp3) is 0.391. The molecule has 0 aromatic heterocycles. The van der Waals surface area contributed by atoms with Gasteiger partial charge in [-0.25, -0.2) is 0 Å². The van der Waals surface area contributed by atoms with Gasteiger partial charge < -0.3 is 15.0 Å². The van der Waals surface area contributed by atoms with E-state index in [9.17, 15) is 9.59 Å². The summed E-state index contributed by atoms with van der Waals surface area (Å²) in [6, 6.07) is 14.9. The van der Waals surface area contributed by atoms with E-state index in [1.165, 1.54) is 0 Å². The van der Waals surface area contributed by atoms with E-state index < -0.39 is 6.04 Å². The third-order valence-corrected chi connectivity index (χ3v) is 5.67. The second kappa shape index (κ2) is 11.2. The minimum absolute atomic E-state index is 0.0587. The Kier molecular flexibility index (Phi) is 8.95. The minimum Gasteiger partial charge on any atom is -0.484 e. The van der Waals surface area contributed by atoms with Crippen molar-refractivity contribution in [3.05, 3.63) is 63.2 Å². The van der Waals surface area contributed by atoms with Crippen molar-refractivity contribution >= 4 is 34.4 Å². The Morgan fingerprint density at radius 2 is 1.76 bits per heavy atom. The van der Waals surface area contributed by atoms with Gasteiger partial charge in [-0.3, -0.25) is 9.59 Å². The van der Waals surface area contributed by atoms with Crippen LogP contribution < -0.4 is 10.1 Å². The number of aryl methyl sites for hydroxylation is 1. The topological polar surface area (TPSA) is 58.6 Å². The lowest BCUT2D eigenvalue weighted by molar-refractivity contribution is -0.142. The van der Waals surface area contributed by atoms with Crippen LogP contribution in [0.5, 0.6) is 5.75 Å². The molecule has 5 nitrogen and oxygen atoms in total. The molecule has 156 valence electrons. The van der Waals surface area contributed by atoms with Crippen molar-refractivity contribution in [2.24, 2.45) is 0 Å². The van der Waals surface area contributed by atoms with Crippen molar-refractivity contribution in [3.8, 4) is 5.75 Å². The fourth-order valence-electron chi connectivity index (χ4n) is 2.78. The van der Waals surface area contributed by atoms with Crippen LogP contribution in [0, 0.1) is 10.5 Å². The first kappa shape index (κ1) is 23.2. The smallest absolute Gasteiger partial charge is 0.261 e. The number of nitrogens with one attached hydrogen (secondary N) is 1. The van der Waals surface area contributed by atoms with Gasteiger partial charge in [0, 0.05) is 16.2 Å². The van der Waals surface area contributed by atoms with Gasteiger partial charge in [0.25, 0.3) is 5.91 Å². The van der Waals surface area contributed by atoms with Crippen molar-refractivity contribution in [2.75, 3.05) is 6.61 Å². The normalized spacial score (nSPS) is 12.7. The predicted molar refractivity (Wildman–Crippen MR) is 124 cm³/mol. The SMILES string of the molecule is CC[C@@H](C)NC(=O)[C@@H](C)N(Cc1ccccc1C)C(=O)COc1ccc(I)cc1. The number of carbonyl (C=O) groups excluding carboxylic acids is 2. The average molecular weight is 508 g/mol. The van der Waals surface area contributed by atoms with Gasteiger partial charge in [0.1, 0.15) is 11.8 Å². The van der Waals surface area contributed by atoms with E-state index in [0.717, 1.165) is 21.1 Å². The van der Waals surface area contributed by atoms with Crippen LogP contribution in [-0.4, -0.2) is 35.4 Å². The molecule has 0 saturated heterocycles. The lowest BCUT2D eigenvalue weighted by Gasteiger charge is -2.30. The van der Waals surface area contributed by atoms with Gasteiger partial charge in [0.2, 0.25) is 5.91 Å². The van der Waals surface area contributed by atoms with Gasteiger partial charge >= 0.3 is 0 Å². The summed E-state index contributed by atoms with van der Waals surface area (Å²) < 4.78 is 6.77. The predicted octanol–water partition coefficient (Wildman–Crippen LogP) is 4.31. The largest absolute Gasteiger partial charge is 0.484 e. The molecule has 0 spiro atoms. The molecule has 0 radical (unpaired) electrons. The molecule has 0 saturated carbocycles. The number of ether oxygens (including phenoxy) is 1. The highest BCUT2D eigenvalue weighted by molar-refractivity contribution is 14.1. The third-order valence-electron chi connectivity index (χ3n) is 4.95. The molecule has 2 atom stereocenters. The molecule has 1 N–H and O–H groups in total. The number of halogens is 1. The summed E-state index contributed by atoms with van der Waals surface area (Å²) in [5.74, 6) is 0.250. The maximum atomic E-state index is 13.0. The number of hydrogen-bond donors (Lipinski definition) is 1. The Morgan fingerprint density at radius 1 is 1.10 bits per heavy atom. The van der Waals surface area contributed by atoms with Crippen LogP contribution >= 0.6 is 22.6 Å². The molecule has 2 amide bonds. The summed E-state index contributed by atoms with van der Waals surface area (Å²) in [6.07, 6.45) is 0.833. The molecule has 0 heterocycles. The lowest BCUT2D eigenvalue weighted by Crippen LogP contribution is -2.50. The number of nitrogens with zero attached hydrogens (tertiary/aromatic N) is 1. The van der Waals surface area contributed by atoms with Gasteiger partial charge in [-0.15, -0.1) is 0 Å². The molecule has 6 heteroatoms. The van der Waals surface area contributed by atoms with Crippen LogP contribution in [0.4, 0.5) is 0 Å². The van der Waals surface area contributed by atoms with Crippen LogP contribution in [0.3, 0.4) is 0 Å². The fourth-order valence-corrected chi connectivity index (χ4v) is 3.14. The highest BCUT2D eigenvalue weighted by Crippen LogP contribution is 2.16. The number of hydrogen-bond acceptors (Lipinski definition) is 3. The maximum Gasteiger partial charge on any atom is 0.261 e. The Morgan fingerprint density at radius 3 is 2.38 bits per heavy atom. The van der Waals surface area contributed by atoms with E-state index in [0.29, 0.717) is 12.3 Å². The molecule has 2 rings (SSSR count). The van der Waals surface area contributed by atoms with Crippen molar-refractivity contribution < 1.29 is 14.3 Å². The van der Waals surface area contributed by atoms with E-state index in [-0.39, 0.29) is 24.5 Å². The summed E-state index contributed by atoms with van der Waals surface area (Å²) in [4.78, 5) is 27.3. The number of carbonyl (C=O) groups is 2. The average Bonchev–Trinajstić information content (AvgIpc) is 2.71. The Labute approximate surface area is 187 Å². The van der Waals surface area contributed by atoms with E-state index >= 15 is 0 Å². The summed E-state index contributed by atoms with van der Waals surface area (Å²) in [7, 11) is 0. The molecule has 0 fully saturated rings. The minimum atomic E-state index is -0.601. The van der Waals surface area contributed by atoms with Crippen molar-refractivity contribution in [1.29, 1.82) is 0 Å². The number of amides is 2. The summed E-state index contributed by atoms with van der Waals surface area (Å²) >= 11 is 2.22. The maximum absolute atomic E-state index is 13.0. The third kappa shape index (κ3) is 7.03. The van der Waals surface area contributed by atoms with Gasteiger partial charge in [-0.2, -0.15) is 0 Å². The standard InChI is InChI=1S/C23H29IN2O3/c1-5-17(3)25-23(28)18(4)26(14-19-9-7-6-8-16(19)2)22(27)15-29-21-12-10-20(24)11-13-21/h6-13,17-18H,5,14-15H2,1-4H3,(H,25,28)/t17-,18-/m1/s1. The molecule has 0 aliphatic rings. The van der Waals surface area contributed by atoms with Gasteiger partial charge in [0.15, 0.2) is 6.61 Å². The number of benzene rings is 2. The second-order valence-corrected chi connectivity index (χ2v) is 8.43. The quantitative estimate of drug-likeness (QED) is 0.514. The molecule has 2 aromatic rings. The highest BCUT2D eigenvalue weighted by atomic mass is 127. The summed E-state index contributed by atoms with van der Waals surface area (Å²) in [6.45, 7) is 7.98. The van der Waals surface area contributed by atoms with Gasteiger partial charge in [-0.1, -0.05) is 31.2 Å². The Bertz CT molecular complexity index is 823. The first-order valence-corrected chi connectivity index (χ1v) is 10.9. The molecule has 2 aromatic carbocycles. The van der Waals surface area contributed by atoms with E-state index in [1.54, 1.807) is 11.8 Å².